The Kier molecular flexibility index (Phi) is 3.96. The Bertz CT molecular complexity index is 611. The average Bonchev–Trinajstić information content (AvgIpc) is 2.91. The van der Waals surface area contributed by atoms with Crippen molar-refractivity contribution >= 4 is 34.3 Å². The van der Waals surface area contributed by atoms with Crippen molar-refractivity contribution in [2.24, 2.45) is 0 Å². The maximum atomic E-state index is 11.8. The molecule has 0 radical (unpaired) electrons. The molecule has 2 N–H and O–H groups in total. The minimum atomic E-state index is -0.357. The number of rotatable bonds is 3. The summed E-state index contributed by atoms with van der Waals surface area (Å²) in [4.78, 5) is 14.6. The zero-order chi connectivity index (χ0) is 14.2. The van der Waals surface area contributed by atoms with E-state index >= 15 is 0 Å². The van der Waals surface area contributed by atoms with Crippen molar-refractivity contribution in [3.8, 4) is 9.75 Å². The van der Waals surface area contributed by atoms with Crippen LogP contribution < -0.4 is 5.73 Å². The molecule has 2 rings (SSSR count). The second-order valence-electron chi connectivity index (χ2n) is 4.67. The second-order valence-corrected chi connectivity index (χ2v) is 6.60. The van der Waals surface area contributed by atoms with Crippen molar-refractivity contribution in [2.75, 3.05) is 12.8 Å². The molecule has 5 heteroatoms. The third-order valence-corrected chi connectivity index (χ3v) is 5.38. The monoisotopic (exact) mass is 295 g/mol. The normalized spacial score (nSPS) is 11.0. The molecule has 0 bridgehead atoms. The van der Waals surface area contributed by atoms with Gasteiger partial charge in [0.25, 0.3) is 0 Å². The van der Waals surface area contributed by atoms with Crippen molar-refractivity contribution < 1.29 is 9.53 Å². The van der Waals surface area contributed by atoms with Gasteiger partial charge in [0.2, 0.25) is 0 Å². The molecule has 102 valence electrons. The number of aryl methyl sites for hydroxylation is 1. The molecule has 0 fully saturated rings. The first kappa shape index (κ1) is 14.1. The summed E-state index contributed by atoms with van der Waals surface area (Å²) in [5, 5.41) is 2.06. The Balaban J connectivity index is 2.67. The molecular weight excluding hydrogens is 278 g/mol. The van der Waals surface area contributed by atoms with E-state index in [-0.39, 0.29) is 11.9 Å². The van der Waals surface area contributed by atoms with Gasteiger partial charge in [0.1, 0.15) is 4.88 Å². The predicted molar refractivity (Wildman–Crippen MR) is 82.2 cm³/mol. The number of carbonyl (C=O) groups excluding carboxylic acids is 1. The smallest absolute Gasteiger partial charge is 0.350 e. The molecule has 0 atom stereocenters. The van der Waals surface area contributed by atoms with Crippen LogP contribution in [-0.4, -0.2) is 13.1 Å². The van der Waals surface area contributed by atoms with Crippen LogP contribution >= 0.6 is 22.7 Å². The topological polar surface area (TPSA) is 52.3 Å². The lowest BCUT2D eigenvalue weighted by Crippen LogP contribution is -2.03. The maximum absolute atomic E-state index is 11.8. The van der Waals surface area contributed by atoms with Crippen LogP contribution in [0.2, 0.25) is 0 Å². The molecule has 2 heterocycles. The van der Waals surface area contributed by atoms with Gasteiger partial charge in [-0.05, 0) is 35.4 Å². The van der Waals surface area contributed by atoms with Crippen LogP contribution in [0.3, 0.4) is 0 Å². The summed E-state index contributed by atoms with van der Waals surface area (Å²) in [7, 11) is 1.38. The third kappa shape index (κ3) is 2.40. The molecular formula is C14H17NO2S2. The SMILES string of the molecule is COC(=O)c1sc(-c2sccc2C)c(C(C)C)c1N. The Labute approximate surface area is 121 Å². The molecule has 0 spiro atoms. The fourth-order valence-electron chi connectivity index (χ4n) is 2.05. The number of anilines is 1. The summed E-state index contributed by atoms with van der Waals surface area (Å²) in [5.74, 6) is -0.0870. The number of hydrogen-bond donors (Lipinski definition) is 1. The average molecular weight is 295 g/mol. The summed E-state index contributed by atoms with van der Waals surface area (Å²) < 4.78 is 4.81. The van der Waals surface area contributed by atoms with E-state index in [0.717, 1.165) is 10.4 Å². The molecule has 2 aromatic heterocycles. The molecule has 0 unspecified atom stereocenters. The lowest BCUT2D eigenvalue weighted by molar-refractivity contribution is 0.0607. The van der Waals surface area contributed by atoms with Crippen molar-refractivity contribution in [3.05, 3.63) is 27.5 Å². The van der Waals surface area contributed by atoms with Gasteiger partial charge < -0.3 is 10.5 Å². The number of carbonyl (C=O) groups is 1. The Hall–Kier alpha value is -1.33. The van der Waals surface area contributed by atoms with Gasteiger partial charge in [-0.25, -0.2) is 4.79 Å². The van der Waals surface area contributed by atoms with Crippen molar-refractivity contribution in [3.63, 3.8) is 0 Å². The second kappa shape index (κ2) is 5.35. The fourth-order valence-corrected chi connectivity index (χ4v) is 4.50. The fraction of sp³-hybridized carbons (Fsp3) is 0.357. The van der Waals surface area contributed by atoms with Crippen LogP contribution in [0.5, 0.6) is 0 Å². The van der Waals surface area contributed by atoms with Crippen molar-refractivity contribution in [1.29, 1.82) is 0 Å². The highest BCUT2D eigenvalue weighted by Gasteiger charge is 2.25. The minimum Gasteiger partial charge on any atom is -0.465 e. The minimum absolute atomic E-state index is 0.270. The lowest BCUT2D eigenvalue weighted by Gasteiger charge is -2.08. The number of hydrogen-bond acceptors (Lipinski definition) is 5. The number of thiophene rings is 2. The van der Waals surface area contributed by atoms with Gasteiger partial charge in [-0.2, -0.15) is 0 Å². The van der Waals surface area contributed by atoms with E-state index in [1.54, 1.807) is 11.3 Å². The van der Waals surface area contributed by atoms with Crippen LogP contribution in [-0.2, 0) is 4.74 Å². The van der Waals surface area contributed by atoms with Gasteiger partial charge in [-0.15, -0.1) is 22.7 Å². The maximum Gasteiger partial charge on any atom is 0.350 e. The molecule has 0 saturated heterocycles. The van der Waals surface area contributed by atoms with Crippen molar-refractivity contribution in [1.82, 2.24) is 0 Å². The molecule has 0 amide bonds. The first-order valence-corrected chi connectivity index (χ1v) is 7.71. The Morgan fingerprint density at radius 1 is 1.37 bits per heavy atom. The summed E-state index contributed by atoms with van der Waals surface area (Å²) in [5.41, 5.74) is 8.98. The van der Waals surface area contributed by atoms with Gasteiger partial charge >= 0.3 is 5.97 Å². The standard InChI is InChI=1S/C14H17NO2S2/c1-7(2)9-10(15)13(14(16)17-4)19-12(9)11-8(3)5-6-18-11/h5-7H,15H2,1-4H3. The zero-order valence-electron chi connectivity index (χ0n) is 11.4. The summed E-state index contributed by atoms with van der Waals surface area (Å²) in [6.45, 7) is 6.25. The molecule has 0 aliphatic rings. The van der Waals surface area contributed by atoms with Crippen LogP contribution in [0, 0.1) is 6.92 Å². The molecule has 3 nitrogen and oxygen atoms in total. The van der Waals surface area contributed by atoms with E-state index in [2.05, 4.69) is 32.2 Å². The van der Waals surface area contributed by atoms with E-state index in [9.17, 15) is 4.79 Å². The predicted octanol–water partition coefficient (Wildman–Crippen LogP) is 4.28. The zero-order valence-corrected chi connectivity index (χ0v) is 13.1. The summed E-state index contributed by atoms with van der Waals surface area (Å²) >= 11 is 3.11. The third-order valence-electron chi connectivity index (χ3n) is 3.00. The molecule has 19 heavy (non-hydrogen) atoms. The van der Waals surface area contributed by atoms with Gasteiger partial charge in [-0.3, -0.25) is 0 Å². The number of esters is 1. The van der Waals surface area contributed by atoms with Crippen LogP contribution in [0.15, 0.2) is 11.4 Å². The van der Waals surface area contributed by atoms with E-state index in [4.69, 9.17) is 10.5 Å². The molecule has 2 aromatic rings. The van der Waals surface area contributed by atoms with Crippen molar-refractivity contribution in [2.45, 2.75) is 26.7 Å². The highest BCUT2D eigenvalue weighted by molar-refractivity contribution is 7.23. The Morgan fingerprint density at radius 2 is 2.05 bits per heavy atom. The van der Waals surface area contributed by atoms with Crippen LogP contribution in [0.1, 0.15) is 40.6 Å². The quantitative estimate of drug-likeness (QED) is 0.860. The lowest BCUT2D eigenvalue weighted by atomic mass is 10.0. The highest BCUT2D eigenvalue weighted by atomic mass is 32.1. The number of nitrogen functional groups attached to an aromatic ring is 1. The molecule has 0 saturated carbocycles. The number of methoxy groups -OCH3 is 1. The number of nitrogens with two attached hydrogens (primary N) is 1. The van der Waals surface area contributed by atoms with Crippen LogP contribution in [0.4, 0.5) is 5.69 Å². The molecule has 0 aromatic carbocycles. The van der Waals surface area contributed by atoms with Gasteiger partial charge in [0, 0.05) is 4.88 Å². The van der Waals surface area contributed by atoms with Crippen LogP contribution in [0.25, 0.3) is 9.75 Å². The largest absolute Gasteiger partial charge is 0.465 e. The van der Waals surface area contributed by atoms with E-state index < -0.39 is 0 Å². The molecule has 0 aliphatic heterocycles. The number of ether oxygens (including phenoxy) is 1. The van der Waals surface area contributed by atoms with Gasteiger partial charge in [-0.1, -0.05) is 13.8 Å². The Morgan fingerprint density at radius 3 is 2.53 bits per heavy atom. The van der Waals surface area contributed by atoms with E-state index in [1.807, 2.05) is 0 Å². The van der Waals surface area contributed by atoms with Gasteiger partial charge in [0.15, 0.2) is 0 Å². The summed E-state index contributed by atoms with van der Waals surface area (Å²) in [6, 6.07) is 2.08. The van der Waals surface area contributed by atoms with E-state index in [1.165, 1.54) is 28.9 Å². The first-order valence-electron chi connectivity index (χ1n) is 6.02. The van der Waals surface area contributed by atoms with Gasteiger partial charge in [0.05, 0.1) is 17.7 Å². The highest BCUT2D eigenvalue weighted by Crippen LogP contribution is 2.45. The molecule has 0 aliphatic carbocycles. The summed E-state index contributed by atoms with van der Waals surface area (Å²) in [6.07, 6.45) is 0. The first-order chi connectivity index (χ1) is 8.97. The van der Waals surface area contributed by atoms with E-state index in [0.29, 0.717) is 10.6 Å².